The van der Waals surface area contributed by atoms with Crippen molar-refractivity contribution >= 4 is 29.4 Å². The van der Waals surface area contributed by atoms with Crippen molar-refractivity contribution in [2.75, 3.05) is 12.5 Å². The number of hydrogen-bond donors (Lipinski definition) is 0. The predicted octanol–water partition coefficient (Wildman–Crippen LogP) is 3.83. The smallest absolute Gasteiger partial charge is 0.341 e. The molecule has 5 nitrogen and oxygen atoms in total. The minimum absolute atomic E-state index is 0.159. The number of Topliss-reactive ketones (excluding diaryl/α,β-unsaturated/α-hetero) is 1. The molecular formula is C17H15ClO5. The average Bonchev–Trinajstić information content (AvgIpc) is 3.00. The SMILES string of the molecule is CCOC(=O)/C(=C\c1ccc(Oc2ccccc2)o1)C(=O)CCl. The highest BCUT2D eigenvalue weighted by atomic mass is 35.5. The number of alkyl halides is 1. The van der Waals surface area contributed by atoms with Crippen LogP contribution in [0.2, 0.25) is 0 Å². The van der Waals surface area contributed by atoms with Gasteiger partial charge in [-0.3, -0.25) is 4.79 Å². The van der Waals surface area contributed by atoms with Crippen LogP contribution < -0.4 is 4.74 Å². The third kappa shape index (κ3) is 4.72. The van der Waals surface area contributed by atoms with Crippen LogP contribution in [-0.4, -0.2) is 24.2 Å². The summed E-state index contributed by atoms with van der Waals surface area (Å²) in [7, 11) is 0. The van der Waals surface area contributed by atoms with Crippen molar-refractivity contribution in [2.45, 2.75) is 6.92 Å². The van der Waals surface area contributed by atoms with Crippen LogP contribution in [0.1, 0.15) is 12.7 Å². The molecule has 0 aliphatic heterocycles. The Hall–Kier alpha value is -2.53. The number of rotatable bonds is 7. The van der Waals surface area contributed by atoms with Gasteiger partial charge in [0.25, 0.3) is 5.95 Å². The molecule has 1 heterocycles. The maximum absolute atomic E-state index is 11.8. The monoisotopic (exact) mass is 334 g/mol. The van der Waals surface area contributed by atoms with Crippen LogP contribution in [0.3, 0.4) is 0 Å². The Balaban J connectivity index is 2.19. The number of carbonyl (C=O) groups excluding carboxylic acids is 2. The van der Waals surface area contributed by atoms with E-state index in [2.05, 4.69) is 0 Å². The van der Waals surface area contributed by atoms with Gasteiger partial charge in [-0.25, -0.2) is 4.79 Å². The number of benzene rings is 1. The first-order chi connectivity index (χ1) is 11.1. The van der Waals surface area contributed by atoms with Crippen molar-refractivity contribution in [3.63, 3.8) is 0 Å². The van der Waals surface area contributed by atoms with E-state index in [1.807, 2.05) is 18.2 Å². The highest BCUT2D eigenvalue weighted by Crippen LogP contribution is 2.24. The summed E-state index contributed by atoms with van der Waals surface area (Å²) in [5.74, 6) is -0.452. The maximum atomic E-state index is 11.8. The fourth-order valence-corrected chi connectivity index (χ4v) is 1.89. The molecule has 0 saturated carbocycles. The lowest BCUT2D eigenvalue weighted by Gasteiger charge is -2.03. The summed E-state index contributed by atoms with van der Waals surface area (Å²) in [6.45, 7) is 1.81. The minimum atomic E-state index is -0.736. The molecule has 0 aliphatic carbocycles. The molecule has 0 spiro atoms. The Morgan fingerprint density at radius 3 is 2.57 bits per heavy atom. The first kappa shape index (κ1) is 16.8. The van der Waals surface area contributed by atoms with E-state index in [0.717, 1.165) is 0 Å². The molecule has 1 aromatic heterocycles. The lowest BCUT2D eigenvalue weighted by Crippen LogP contribution is -2.16. The number of hydrogen-bond acceptors (Lipinski definition) is 5. The Morgan fingerprint density at radius 1 is 1.17 bits per heavy atom. The lowest BCUT2D eigenvalue weighted by molar-refractivity contribution is -0.139. The summed E-state index contributed by atoms with van der Waals surface area (Å²) in [4.78, 5) is 23.6. The summed E-state index contributed by atoms with van der Waals surface area (Å²) in [6.07, 6.45) is 1.29. The van der Waals surface area contributed by atoms with Crippen LogP contribution >= 0.6 is 11.6 Å². The molecule has 2 aromatic rings. The summed E-state index contributed by atoms with van der Waals surface area (Å²) in [5.41, 5.74) is -0.164. The van der Waals surface area contributed by atoms with Gasteiger partial charge in [-0.2, -0.15) is 0 Å². The molecule has 23 heavy (non-hydrogen) atoms. The van der Waals surface area contributed by atoms with Crippen molar-refractivity contribution in [1.29, 1.82) is 0 Å². The van der Waals surface area contributed by atoms with Crippen molar-refractivity contribution < 1.29 is 23.5 Å². The number of ketones is 1. The highest BCUT2D eigenvalue weighted by molar-refractivity contribution is 6.35. The molecular weight excluding hydrogens is 320 g/mol. The molecule has 0 unspecified atom stereocenters. The van der Waals surface area contributed by atoms with Gasteiger partial charge in [0.05, 0.1) is 12.5 Å². The molecule has 0 saturated heterocycles. The van der Waals surface area contributed by atoms with Gasteiger partial charge in [0.2, 0.25) is 0 Å². The fourth-order valence-electron chi connectivity index (χ4n) is 1.75. The average molecular weight is 335 g/mol. The number of para-hydroxylation sites is 1. The molecule has 0 atom stereocenters. The lowest BCUT2D eigenvalue weighted by atomic mass is 10.1. The molecule has 120 valence electrons. The number of halogens is 1. The first-order valence-corrected chi connectivity index (χ1v) is 7.48. The summed E-state index contributed by atoms with van der Waals surface area (Å²) < 4.78 is 15.8. The van der Waals surface area contributed by atoms with E-state index >= 15 is 0 Å². The normalized spacial score (nSPS) is 11.1. The minimum Gasteiger partial charge on any atom is -0.462 e. The predicted molar refractivity (Wildman–Crippen MR) is 85.6 cm³/mol. The Morgan fingerprint density at radius 2 is 1.91 bits per heavy atom. The second-order valence-electron chi connectivity index (χ2n) is 4.41. The van der Waals surface area contributed by atoms with Crippen molar-refractivity contribution in [1.82, 2.24) is 0 Å². The van der Waals surface area contributed by atoms with E-state index in [1.54, 1.807) is 31.2 Å². The van der Waals surface area contributed by atoms with E-state index < -0.39 is 11.8 Å². The second-order valence-corrected chi connectivity index (χ2v) is 4.67. The molecule has 2 rings (SSSR count). The molecule has 0 fully saturated rings. The van der Waals surface area contributed by atoms with Crippen LogP contribution in [0.5, 0.6) is 11.7 Å². The zero-order chi connectivity index (χ0) is 16.7. The maximum Gasteiger partial charge on any atom is 0.341 e. The van der Waals surface area contributed by atoms with Crippen LogP contribution in [0, 0.1) is 0 Å². The summed E-state index contributed by atoms with van der Waals surface area (Å²) in [6, 6.07) is 12.3. The molecule has 6 heteroatoms. The van der Waals surface area contributed by atoms with E-state index in [1.165, 1.54) is 6.08 Å². The number of furan rings is 1. The zero-order valence-corrected chi connectivity index (χ0v) is 13.2. The van der Waals surface area contributed by atoms with Crippen LogP contribution in [0.15, 0.2) is 52.5 Å². The first-order valence-electron chi connectivity index (χ1n) is 6.94. The fraction of sp³-hybridized carbons (Fsp3) is 0.176. The van der Waals surface area contributed by atoms with Gasteiger partial charge in [-0.05, 0) is 31.2 Å². The zero-order valence-electron chi connectivity index (χ0n) is 12.5. The second kappa shape index (κ2) is 8.19. The topological polar surface area (TPSA) is 65.7 Å². The largest absolute Gasteiger partial charge is 0.462 e. The van der Waals surface area contributed by atoms with Gasteiger partial charge in [0.15, 0.2) is 5.78 Å². The van der Waals surface area contributed by atoms with Crippen molar-refractivity contribution in [3.8, 4) is 11.7 Å². The highest BCUT2D eigenvalue weighted by Gasteiger charge is 2.19. The van der Waals surface area contributed by atoms with Crippen LogP contribution in [-0.2, 0) is 14.3 Å². The van der Waals surface area contributed by atoms with E-state index in [0.29, 0.717) is 5.75 Å². The molecule has 1 aromatic carbocycles. The van der Waals surface area contributed by atoms with Gasteiger partial charge in [-0.15, -0.1) is 11.6 Å². The Labute approximate surface area is 138 Å². The van der Waals surface area contributed by atoms with E-state index in [-0.39, 0.29) is 29.8 Å². The van der Waals surface area contributed by atoms with E-state index in [4.69, 9.17) is 25.5 Å². The molecule has 0 N–H and O–H groups in total. The Bertz CT molecular complexity index is 703. The van der Waals surface area contributed by atoms with Gasteiger partial charge in [0, 0.05) is 6.07 Å². The van der Waals surface area contributed by atoms with Crippen molar-refractivity contribution in [2.24, 2.45) is 0 Å². The summed E-state index contributed by atoms with van der Waals surface area (Å²) >= 11 is 5.52. The van der Waals surface area contributed by atoms with Crippen LogP contribution in [0.25, 0.3) is 6.08 Å². The number of esters is 1. The van der Waals surface area contributed by atoms with Gasteiger partial charge >= 0.3 is 5.97 Å². The third-order valence-electron chi connectivity index (χ3n) is 2.77. The standard InChI is InChI=1S/C17H15ClO5/c1-2-21-17(20)14(15(19)11-18)10-13-8-9-16(23-13)22-12-6-4-3-5-7-12/h3-10H,2,11H2,1H3/b14-10-. The van der Waals surface area contributed by atoms with Crippen molar-refractivity contribution in [3.05, 3.63) is 53.8 Å². The van der Waals surface area contributed by atoms with E-state index in [9.17, 15) is 9.59 Å². The van der Waals surface area contributed by atoms with Gasteiger partial charge < -0.3 is 13.9 Å². The molecule has 0 amide bonds. The van der Waals surface area contributed by atoms with Gasteiger partial charge in [-0.1, -0.05) is 18.2 Å². The number of carbonyl (C=O) groups is 2. The molecule has 0 bridgehead atoms. The quantitative estimate of drug-likeness (QED) is 0.253. The van der Waals surface area contributed by atoms with Gasteiger partial charge in [0.1, 0.15) is 17.1 Å². The number of ether oxygens (including phenoxy) is 2. The Kier molecular flexibility index (Phi) is 6.00. The molecule has 0 radical (unpaired) electrons. The third-order valence-corrected chi connectivity index (χ3v) is 3.01. The summed E-state index contributed by atoms with van der Waals surface area (Å²) in [5, 5.41) is 0. The molecule has 0 aliphatic rings. The van der Waals surface area contributed by atoms with Crippen LogP contribution in [0.4, 0.5) is 0 Å².